The van der Waals surface area contributed by atoms with E-state index in [4.69, 9.17) is 9.84 Å². The van der Waals surface area contributed by atoms with E-state index < -0.39 is 17.7 Å². The van der Waals surface area contributed by atoms with Crippen LogP contribution in [0.5, 0.6) is 0 Å². The Morgan fingerprint density at radius 3 is 2.50 bits per heavy atom. The highest BCUT2D eigenvalue weighted by Crippen LogP contribution is 2.25. The van der Waals surface area contributed by atoms with Gasteiger partial charge in [-0.15, -0.1) is 0 Å². The molecule has 1 atom stereocenters. The van der Waals surface area contributed by atoms with Gasteiger partial charge in [0.25, 0.3) is 0 Å². The summed E-state index contributed by atoms with van der Waals surface area (Å²) in [5.74, 6) is -1.02. The molecule has 18 heavy (non-hydrogen) atoms. The number of ether oxygens (including phenoxy) is 1. The zero-order valence-corrected chi connectivity index (χ0v) is 10.9. The van der Waals surface area contributed by atoms with Crippen molar-refractivity contribution in [3.8, 4) is 0 Å². The first-order valence-electron chi connectivity index (χ1n) is 5.77. The van der Waals surface area contributed by atoms with Gasteiger partial charge >= 0.3 is 12.0 Å². The summed E-state index contributed by atoms with van der Waals surface area (Å²) < 4.78 is 5.21. The fourth-order valence-electron chi connectivity index (χ4n) is 1.94. The van der Waals surface area contributed by atoms with Crippen LogP contribution in [0.15, 0.2) is 0 Å². The first-order valence-corrected chi connectivity index (χ1v) is 5.77. The lowest BCUT2D eigenvalue weighted by Gasteiger charge is -2.48. The lowest BCUT2D eigenvalue weighted by molar-refractivity contribution is -0.160. The number of urea groups is 1. The Bertz CT molecular complexity index is 325. The molecule has 0 saturated carbocycles. The van der Waals surface area contributed by atoms with Gasteiger partial charge in [-0.25, -0.2) is 9.59 Å². The van der Waals surface area contributed by atoms with E-state index in [1.54, 1.807) is 25.8 Å². The van der Waals surface area contributed by atoms with E-state index in [0.29, 0.717) is 13.1 Å². The van der Waals surface area contributed by atoms with E-state index in [0.717, 1.165) is 0 Å². The Morgan fingerprint density at radius 1 is 1.50 bits per heavy atom. The number of nitrogens with zero attached hydrogens (tertiary/aromatic N) is 2. The Kier molecular flexibility index (Phi) is 4.53. The van der Waals surface area contributed by atoms with Crippen molar-refractivity contribution in [2.45, 2.75) is 25.6 Å². The normalized spacial score (nSPS) is 19.0. The predicted octanol–water partition coefficient (Wildman–Crippen LogP) is -0.405. The third-order valence-electron chi connectivity index (χ3n) is 2.73. The molecule has 1 aliphatic heterocycles. The Morgan fingerprint density at radius 2 is 2.06 bits per heavy atom. The smallest absolute Gasteiger partial charge is 0.329 e. The highest BCUT2D eigenvalue weighted by Gasteiger charge is 2.43. The van der Waals surface area contributed by atoms with Gasteiger partial charge in [-0.3, -0.25) is 0 Å². The molecular weight excluding hydrogens is 240 g/mol. The fourth-order valence-corrected chi connectivity index (χ4v) is 1.94. The molecule has 0 spiro atoms. The fraction of sp³-hybridized carbons (Fsp3) is 0.818. The molecule has 0 aromatic carbocycles. The summed E-state index contributed by atoms with van der Waals surface area (Å²) in [5.41, 5.74) is -0.584. The average Bonchev–Trinajstić information content (AvgIpc) is 2.20. The van der Waals surface area contributed by atoms with E-state index in [2.05, 4.69) is 0 Å². The number of aliphatic hydroxyl groups excluding tert-OH is 1. The molecule has 0 bridgehead atoms. The molecule has 1 unspecified atom stereocenters. The van der Waals surface area contributed by atoms with Crippen LogP contribution >= 0.6 is 0 Å². The number of carbonyl (C=O) groups excluding carboxylic acids is 1. The van der Waals surface area contributed by atoms with Crippen molar-refractivity contribution < 1.29 is 24.5 Å². The standard InChI is InChI=1S/C11H20N2O5/c1-8(14)4-12(3)10(17)13-6-11(2,7-13)18-5-9(15)16/h8,14H,4-7H2,1-3H3,(H,15,16). The number of carboxylic acids is 1. The lowest BCUT2D eigenvalue weighted by Crippen LogP contribution is -2.65. The number of amides is 2. The first-order chi connectivity index (χ1) is 8.23. The minimum Gasteiger partial charge on any atom is -0.480 e. The number of carboxylic acid groups (broad SMARTS) is 1. The van der Waals surface area contributed by atoms with Crippen molar-refractivity contribution >= 4 is 12.0 Å². The summed E-state index contributed by atoms with van der Waals surface area (Å²) in [6.45, 7) is 4.02. The van der Waals surface area contributed by atoms with Gasteiger partial charge in [-0.05, 0) is 13.8 Å². The number of rotatable bonds is 5. The number of carbonyl (C=O) groups is 2. The third kappa shape index (κ3) is 3.85. The SMILES string of the molecule is CC(O)CN(C)C(=O)N1CC(C)(OCC(=O)O)C1. The summed E-state index contributed by atoms with van der Waals surface area (Å²) in [5, 5.41) is 17.7. The summed E-state index contributed by atoms with van der Waals surface area (Å²) in [7, 11) is 1.61. The van der Waals surface area contributed by atoms with Gasteiger partial charge < -0.3 is 24.7 Å². The monoisotopic (exact) mass is 260 g/mol. The van der Waals surface area contributed by atoms with Crippen molar-refractivity contribution in [2.24, 2.45) is 0 Å². The molecule has 7 heteroatoms. The molecule has 0 radical (unpaired) electrons. The van der Waals surface area contributed by atoms with E-state index in [-0.39, 0.29) is 19.2 Å². The van der Waals surface area contributed by atoms with Gasteiger partial charge in [0.1, 0.15) is 12.2 Å². The maximum absolute atomic E-state index is 11.9. The van der Waals surface area contributed by atoms with Crippen LogP contribution < -0.4 is 0 Å². The van der Waals surface area contributed by atoms with Crippen LogP contribution in [0.1, 0.15) is 13.8 Å². The van der Waals surface area contributed by atoms with E-state index >= 15 is 0 Å². The molecule has 0 aromatic rings. The second-order valence-corrected chi connectivity index (χ2v) is 5.00. The molecule has 104 valence electrons. The van der Waals surface area contributed by atoms with Gasteiger partial charge in [0.05, 0.1) is 19.2 Å². The Balaban J connectivity index is 2.36. The molecular formula is C11H20N2O5. The number of aliphatic hydroxyl groups is 1. The summed E-state index contributed by atoms with van der Waals surface area (Å²) >= 11 is 0. The van der Waals surface area contributed by atoms with Crippen molar-refractivity contribution in [3.05, 3.63) is 0 Å². The van der Waals surface area contributed by atoms with Crippen LogP contribution in [0.2, 0.25) is 0 Å². The molecule has 2 N–H and O–H groups in total. The summed E-state index contributed by atoms with van der Waals surface area (Å²) in [6.07, 6.45) is -0.574. The molecule has 1 saturated heterocycles. The lowest BCUT2D eigenvalue weighted by atomic mass is 9.97. The highest BCUT2D eigenvalue weighted by molar-refractivity contribution is 5.75. The predicted molar refractivity (Wildman–Crippen MR) is 63.3 cm³/mol. The zero-order chi connectivity index (χ0) is 13.9. The maximum atomic E-state index is 11.9. The Hall–Kier alpha value is -1.34. The first kappa shape index (κ1) is 14.7. The minimum atomic E-state index is -1.02. The average molecular weight is 260 g/mol. The van der Waals surface area contributed by atoms with Gasteiger partial charge in [0.15, 0.2) is 0 Å². The van der Waals surface area contributed by atoms with Crippen molar-refractivity contribution in [1.29, 1.82) is 0 Å². The molecule has 1 fully saturated rings. The van der Waals surface area contributed by atoms with Gasteiger partial charge in [-0.1, -0.05) is 0 Å². The van der Waals surface area contributed by atoms with Crippen molar-refractivity contribution in [1.82, 2.24) is 9.80 Å². The molecule has 2 amide bonds. The van der Waals surface area contributed by atoms with Crippen LogP contribution in [0.4, 0.5) is 4.79 Å². The molecule has 0 aromatic heterocycles. The second-order valence-electron chi connectivity index (χ2n) is 5.00. The van der Waals surface area contributed by atoms with E-state index in [1.807, 2.05) is 0 Å². The molecule has 1 rings (SSSR count). The Labute approximate surface area is 106 Å². The zero-order valence-electron chi connectivity index (χ0n) is 10.9. The highest BCUT2D eigenvalue weighted by atomic mass is 16.5. The maximum Gasteiger partial charge on any atom is 0.329 e. The number of likely N-dealkylation sites (N-methyl/N-ethyl adjacent to an activating group) is 1. The van der Waals surface area contributed by atoms with Gasteiger partial charge in [0, 0.05) is 13.6 Å². The molecule has 1 heterocycles. The van der Waals surface area contributed by atoms with Crippen LogP contribution in [0.3, 0.4) is 0 Å². The molecule has 0 aliphatic carbocycles. The quantitative estimate of drug-likeness (QED) is 0.701. The summed E-state index contributed by atoms with van der Waals surface area (Å²) in [6, 6.07) is -0.188. The van der Waals surface area contributed by atoms with Gasteiger partial charge in [0.2, 0.25) is 0 Å². The third-order valence-corrected chi connectivity index (χ3v) is 2.73. The number of likely N-dealkylation sites (tertiary alicyclic amines) is 1. The van der Waals surface area contributed by atoms with Crippen LogP contribution in [-0.4, -0.2) is 77.0 Å². The van der Waals surface area contributed by atoms with E-state index in [9.17, 15) is 14.7 Å². The second kappa shape index (κ2) is 5.53. The number of hydrogen-bond donors (Lipinski definition) is 2. The van der Waals surface area contributed by atoms with Crippen LogP contribution in [0, 0.1) is 0 Å². The molecule has 7 nitrogen and oxygen atoms in total. The van der Waals surface area contributed by atoms with E-state index in [1.165, 1.54) is 4.90 Å². The number of hydrogen-bond acceptors (Lipinski definition) is 4. The topological polar surface area (TPSA) is 90.3 Å². The number of aliphatic carboxylic acids is 1. The van der Waals surface area contributed by atoms with Crippen molar-refractivity contribution in [3.63, 3.8) is 0 Å². The van der Waals surface area contributed by atoms with Crippen LogP contribution in [-0.2, 0) is 9.53 Å². The molecule has 1 aliphatic rings. The van der Waals surface area contributed by atoms with Gasteiger partial charge in [-0.2, -0.15) is 0 Å². The minimum absolute atomic E-state index is 0.188. The van der Waals surface area contributed by atoms with Crippen molar-refractivity contribution in [2.75, 3.05) is 33.3 Å². The summed E-state index contributed by atoms with van der Waals surface area (Å²) in [4.78, 5) is 25.2. The largest absolute Gasteiger partial charge is 0.480 e. The van der Waals surface area contributed by atoms with Crippen LogP contribution in [0.25, 0.3) is 0 Å².